The largest absolute Gasteiger partial charge is 0.337 e. The minimum atomic E-state index is -0.255. The fourth-order valence-electron chi connectivity index (χ4n) is 2.45. The average Bonchev–Trinajstić information content (AvgIpc) is 2.82. The highest BCUT2D eigenvalue weighted by molar-refractivity contribution is 5.82. The molecule has 1 fully saturated rings. The summed E-state index contributed by atoms with van der Waals surface area (Å²) in [5, 5.41) is 0. The Labute approximate surface area is 107 Å². The van der Waals surface area contributed by atoms with Gasteiger partial charge in [-0.2, -0.15) is 0 Å². The molecule has 1 saturated carbocycles. The Balaban J connectivity index is 2.76. The van der Waals surface area contributed by atoms with E-state index in [1.807, 2.05) is 20.8 Å². The van der Waals surface area contributed by atoms with Gasteiger partial charge in [-0.25, -0.2) is 0 Å². The molecule has 1 rings (SSSR count). The lowest BCUT2D eigenvalue weighted by Crippen LogP contribution is -2.47. The van der Waals surface area contributed by atoms with E-state index < -0.39 is 0 Å². The van der Waals surface area contributed by atoms with Crippen molar-refractivity contribution in [2.75, 3.05) is 0 Å². The molecule has 0 unspecified atom stereocenters. The average molecular weight is 239 g/mol. The van der Waals surface area contributed by atoms with Gasteiger partial charge in [-0.3, -0.25) is 4.79 Å². The van der Waals surface area contributed by atoms with Crippen LogP contribution in [-0.2, 0) is 4.79 Å². The van der Waals surface area contributed by atoms with E-state index in [4.69, 9.17) is 0 Å². The van der Waals surface area contributed by atoms with E-state index in [-0.39, 0.29) is 10.8 Å². The van der Waals surface area contributed by atoms with Crippen molar-refractivity contribution in [1.29, 1.82) is 0 Å². The number of hydrogen-bond acceptors (Lipinski definition) is 1. The molecule has 0 aromatic heterocycles. The van der Waals surface area contributed by atoms with Gasteiger partial charge in [0.2, 0.25) is 5.91 Å². The Morgan fingerprint density at radius 3 is 1.94 bits per heavy atom. The Morgan fingerprint density at radius 1 is 1.18 bits per heavy atom. The van der Waals surface area contributed by atoms with Crippen molar-refractivity contribution in [3.8, 4) is 0 Å². The van der Waals surface area contributed by atoms with Crippen LogP contribution in [0.15, 0.2) is 0 Å². The molecule has 0 radical (unpaired) electrons. The molecule has 0 spiro atoms. The first-order valence-electron chi connectivity index (χ1n) is 6.85. The summed E-state index contributed by atoms with van der Waals surface area (Å²) >= 11 is 0. The van der Waals surface area contributed by atoms with Crippen LogP contribution in [0.4, 0.5) is 0 Å². The SMILES string of the molecule is C[C@H](CC(C)(C)C)N(C(=O)C(C)(C)C)C1CC1. The molecule has 1 aliphatic rings. The highest BCUT2D eigenvalue weighted by Gasteiger charge is 2.40. The minimum absolute atomic E-state index is 0.255. The summed E-state index contributed by atoms with van der Waals surface area (Å²) in [7, 11) is 0. The maximum absolute atomic E-state index is 12.5. The van der Waals surface area contributed by atoms with Gasteiger partial charge < -0.3 is 4.90 Å². The molecule has 2 heteroatoms. The van der Waals surface area contributed by atoms with Gasteiger partial charge in [-0.1, -0.05) is 41.5 Å². The maximum Gasteiger partial charge on any atom is 0.228 e. The molecule has 0 heterocycles. The predicted molar refractivity (Wildman–Crippen MR) is 72.9 cm³/mol. The number of rotatable bonds is 3. The van der Waals surface area contributed by atoms with E-state index in [0.29, 0.717) is 18.0 Å². The molecule has 0 bridgehead atoms. The first kappa shape index (κ1) is 14.5. The minimum Gasteiger partial charge on any atom is -0.337 e. The normalized spacial score (nSPS) is 19.0. The van der Waals surface area contributed by atoms with Gasteiger partial charge in [0.05, 0.1) is 0 Å². The van der Waals surface area contributed by atoms with E-state index >= 15 is 0 Å². The number of hydrogen-bond donors (Lipinski definition) is 0. The molecule has 1 amide bonds. The van der Waals surface area contributed by atoms with Crippen molar-refractivity contribution in [1.82, 2.24) is 4.90 Å². The number of nitrogens with zero attached hydrogens (tertiary/aromatic N) is 1. The smallest absolute Gasteiger partial charge is 0.228 e. The first-order chi connectivity index (χ1) is 7.52. The van der Waals surface area contributed by atoms with E-state index in [1.165, 1.54) is 12.8 Å². The first-order valence-corrected chi connectivity index (χ1v) is 6.85. The van der Waals surface area contributed by atoms with Crippen LogP contribution in [0.25, 0.3) is 0 Å². The van der Waals surface area contributed by atoms with Crippen molar-refractivity contribution in [3.63, 3.8) is 0 Å². The fraction of sp³-hybridized carbons (Fsp3) is 0.933. The zero-order valence-electron chi connectivity index (χ0n) is 12.6. The number of amides is 1. The standard InChI is InChI=1S/C15H29NO/c1-11(10-14(2,3)4)16(12-8-9-12)13(17)15(5,6)7/h11-12H,8-10H2,1-7H3/t11-/m1/s1. The Morgan fingerprint density at radius 2 is 1.65 bits per heavy atom. The van der Waals surface area contributed by atoms with Crippen LogP contribution in [0.3, 0.4) is 0 Å². The lowest BCUT2D eigenvalue weighted by Gasteiger charge is -2.37. The molecule has 1 aliphatic carbocycles. The monoisotopic (exact) mass is 239 g/mol. The van der Waals surface area contributed by atoms with E-state index in [0.717, 1.165) is 6.42 Å². The topological polar surface area (TPSA) is 20.3 Å². The maximum atomic E-state index is 12.5. The third kappa shape index (κ3) is 4.33. The van der Waals surface area contributed by atoms with Gasteiger partial charge in [0.15, 0.2) is 0 Å². The van der Waals surface area contributed by atoms with Crippen LogP contribution >= 0.6 is 0 Å². The summed E-state index contributed by atoms with van der Waals surface area (Å²) in [6.45, 7) is 15.0. The van der Waals surface area contributed by atoms with Crippen LogP contribution < -0.4 is 0 Å². The molecule has 0 N–H and O–H groups in total. The lowest BCUT2D eigenvalue weighted by molar-refractivity contribution is -0.142. The quantitative estimate of drug-likeness (QED) is 0.732. The Kier molecular flexibility index (Phi) is 3.95. The molecule has 2 nitrogen and oxygen atoms in total. The summed E-state index contributed by atoms with van der Waals surface area (Å²) in [6.07, 6.45) is 3.46. The van der Waals surface area contributed by atoms with Crippen molar-refractivity contribution in [3.05, 3.63) is 0 Å². The van der Waals surface area contributed by atoms with E-state index in [1.54, 1.807) is 0 Å². The molecular weight excluding hydrogens is 210 g/mol. The fourth-order valence-corrected chi connectivity index (χ4v) is 2.45. The molecule has 0 aromatic carbocycles. The number of carbonyl (C=O) groups excluding carboxylic acids is 1. The van der Waals surface area contributed by atoms with Crippen molar-refractivity contribution in [2.45, 2.75) is 79.8 Å². The zero-order chi connectivity index (χ0) is 13.4. The molecule has 17 heavy (non-hydrogen) atoms. The van der Waals surface area contributed by atoms with Gasteiger partial charge in [0.25, 0.3) is 0 Å². The second-order valence-electron chi connectivity index (χ2n) is 7.81. The molecule has 0 aromatic rings. The highest BCUT2D eigenvalue weighted by Crippen LogP contribution is 2.35. The summed E-state index contributed by atoms with van der Waals surface area (Å²) in [5.74, 6) is 0.316. The molecule has 1 atom stereocenters. The second kappa shape index (κ2) is 4.62. The second-order valence-corrected chi connectivity index (χ2v) is 7.81. The highest BCUT2D eigenvalue weighted by atomic mass is 16.2. The third-order valence-corrected chi connectivity index (χ3v) is 3.20. The van der Waals surface area contributed by atoms with E-state index in [2.05, 4.69) is 32.6 Å². The zero-order valence-corrected chi connectivity index (χ0v) is 12.6. The van der Waals surface area contributed by atoms with Gasteiger partial charge in [0.1, 0.15) is 0 Å². The van der Waals surface area contributed by atoms with Crippen LogP contribution in [-0.4, -0.2) is 22.9 Å². The summed E-state index contributed by atoms with van der Waals surface area (Å²) in [4.78, 5) is 14.7. The van der Waals surface area contributed by atoms with Crippen molar-refractivity contribution >= 4 is 5.91 Å². The van der Waals surface area contributed by atoms with Crippen molar-refractivity contribution in [2.24, 2.45) is 10.8 Å². The summed E-state index contributed by atoms with van der Waals surface area (Å²) in [6, 6.07) is 0.869. The van der Waals surface area contributed by atoms with Crippen molar-refractivity contribution < 1.29 is 4.79 Å². The van der Waals surface area contributed by atoms with Crippen LogP contribution in [0.1, 0.15) is 67.7 Å². The van der Waals surface area contributed by atoms with Gasteiger partial charge in [-0.15, -0.1) is 0 Å². The molecular formula is C15H29NO. The lowest BCUT2D eigenvalue weighted by atomic mass is 9.86. The van der Waals surface area contributed by atoms with Gasteiger partial charge in [0, 0.05) is 17.5 Å². The predicted octanol–water partition coefficient (Wildman–Crippen LogP) is 3.85. The van der Waals surface area contributed by atoms with Gasteiger partial charge >= 0.3 is 0 Å². The number of carbonyl (C=O) groups is 1. The van der Waals surface area contributed by atoms with Gasteiger partial charge in [-0.05, 0) is 31.6 Å². The molecule has 0 aliphatic heterocycles. The van der Waals surface area contributed by atoms with Crippen LogP contribution in [0.2, 0.25) is 0 Å². The third-order valence-electron chi connectivity index (χ3n) is 3.20. The Hall–Kier alpha value is -0.530. The van der Waals surface area contributed by atoms with Crippen LogP contribution in [0.5, 0.6) is 0 Å². The molecule has 0 saturated heterocycles. The summed E-state index contributed by atoms with van der Waals surface area (Å²) in [5.41, 5.74) is 0.0272. The van der Waals surface area contributed by atoms with E-state index in [9.17, 15) is 4.79 Å². The Bertz CT molecular complexity index is 278. The van der Waals surface area contributed by atoms with Crippen LogP contribution in [0, 0.1) is 10.8 Å². The summed E-state index contributed by atoms with van der Waals surface area (Å²) < 4.78 is 0. The molecule has 100 valence electrons.